The van der Waals surface area contributed by atoms with Gasteiger partial charge in [-0.2, -0.15) is 0 Å². The third-order valence-electron chi connectivity index (χ3n) is 11.7. The summed E-state index contributed by atoms with van der Waals surface area (Å²) >= 11 is 0. The topological polar surface area (TPSA) is 78.9 Å². The zero-order valence-electron chi connectivity index (χ0n) is 44.8. The van der Waals surface area contributed by atoms with E-state index in [9.17, 15) is 14.4 Å². The molecule has 0 heterocycles. The first-order chi connectivity index (χ1) is 34.0. The Morgan fingerprint density at radius 3 is 0.913 bits per heavy atom. The molecule has 0 unspecified atom stereocenters. The Morgan fingerprint density at radius 1 is 0.290 bits per heavy atom. The SMILES string of the molecule is CCCCC/C=C\C/C=C\C/C=C\C/C=C\C/C=C\CCC(=O)O[C@H](COC(=O)CCCCCC/C=C\C/C=C\C/C=C\CCCCC)COC(=O)CCCCCCC/C=C\CCCCCCCC. The maximum absolute atomic E-state index is 12.8. The van der Waals surface area contributed by atoms with E-state index in [1.165, 1.54) is 103 Å². The van der Waals surface area contributed by atoms with Crippen LogP contribution in [-0.2, 0) is 28.6 Å². The fourth-order valence-electron chi connectivity index (χ4n) is 7.43. The Hall–Kier alpha value is -3.93. The maximum atomic E-state index is 12.8. The Morgan fingerprint density at radius 2 is 0.551 bits per heavy atom. The lowest BCUT2D eigenvalue weighted by atomic mass is 10.1. The van der Waals surface area contributed by atoms with Crippen LogP contribution in [0.3, 0.4) is 0 Å². The number of carbonyl (C=O) groups excluding carboxylic acids is 3. The fourth-order valence-corrected chi connectivity index (χ4v) is 7.43. The molecule has 0 radical (unpaired) electrons. The molecule has 0 amide bonds. The van der Waals surface area contributed by atoms with E-state index in [1.807, 2.05) is 12.2 Å². The normalized spacial score (nSPS) is 12.9. The van der Waals surface area contributed by atoms with Crippen molar-refractivity contribution in [2.45, 2.75) is 258 Å². The molecule has 0 rings (SSSR count). The first kappa shape index (κ1) is 65.1. The summed E-state index contributed by atoms with van der Waals surface area (Å²) in [5.74, 6) is -1.04. The largest absolute Gasteiger partial charge is 0.462 e. The lowest BCUT2D eigenvalue weighted by Crippen LogP contribution is -2.30. The van der Waals surface area contributed by atoms with Gasteiger partial charge < -0.3 is 14.2 Å². The number of allylic oxidation sites excluding steroid dienone is 18. The maximum Gasteiger partial charge on any atom is 0.306 e. The molecule has 0 saturated carbocycles. The van der Waals surface area contributed by atoms with E-state index in [0.29, 0.717) is 19.3 Å². The lowest BCUT2D eigenvalue weighted by molar-refractivity contribution is -0.166. The van der Waals surface area contributed by atoms with Crippen LogP contribution in [0.1, 0.15) is 252 Å². The van der Waals surface area contributed by atoms with Crippen molar-refractivity contribution in [3.8, 4) is 0 Å². The Bertz CT molecular complexity index is 1420. The van der Waals surface area contributed by atoms with E-state index < -0.39 is 12.1 Å². The van der Waals surface area contributed by atoms with E-state index in [2.05, 4.69) is 118 Å². The molecule has 0 aliphatic heterocycles. The highest BCUT2D eigenvalue weighted by atomic mass is 16.6. The van der Waals surface area contributed by atoms with E-state index in [4.69, 9.17) is 14.2 Å². The van der Waals surface area contributed by atoms with Crippen LogP contribution < -0.4 is 0 Å². The zero-order chi connectivity index (χ0) is 50.0. The van der Waals surface area contributed by atoms with Crippen LogP contribution in [0.4, 0.5) is 0 Å². The molecular weight excluding hydrogens is 853 g/mol. The first-order valence-corrected chi connectivity index (χ1v) is 28.4. The predicted molar refractivity (Wildman–Crippen MR) is 297 cm³/mol. The minimum absolute atomic E-state index is 0.121. The lowest BCUT2D eigenvalue weighted by Gasteiger charge is -2.18. The molecule has 6 heteroatoms. The number of hydrogen-bond acceptors (Lipinski definition) is 6. The second-order valence-electron chi connectivity index (χ2n) is 18.5. The second-order valence-corrected chi connectivity index (χ2v) is 18.5. The van der Waals surface area contributed by atoms with Crippen LogP contribution in [0.25, 0.3) is 0 Å². The van der Waals surface area contributed by atoms with Crippen molar-refractivity contribution in [3.63, 3.8) is 0 Å². The minimum atomic E-state index is -0.833. The van der Waals surface area contributed by atoms with Crippen molar-refractivity contribution < 1.29 is 28.6 Å². The summed E-state index contributed by atoms with van der Waals surface area (Å²) in [5, 5.41) is 0. The van der Waals surface area contributed by atoms with Crippen LogP contribution in [0.5, 0.6) is 0 Å². The van der Waals surface area contributed by atoms with E-state index in [-0.39, 0.29) is 31.6 Å². The Balaban J connectivity index is 4.57. The number of esters is 3. The highest BCUT2D eigenvalue weighted by molar-refractivity contribution is 5.71. The smallest absolute Gasteiger partial charge is 0.306 e. The quantitative estimate of drug-likeness (QED) is 0.0262. The summed E-state index contributed by atoms with van der Waals surface area (Å²) in [7, 11) is 0. The molecular formula is C63H104O6. The Kier molecular flexibility index (Phi) is 53.4. The number of hydrogen-bond donors (Lipinski definition) is 0. The van der Waals surface area contributed by atoms with Gasteiger partial charge in [-0.1, -0.05) is 220 Å². The zero-order valence-corrected chi connectivity index (χ0v) is 44.8. The molecule has 0 fully saturated rings. The van der Waals surface area contributed by atoms with Gasteiger partial charge >= 0.3 is 17.9 Å². The van der Waals surface area contributed by atoms with Crippen molar-refractivity contribution in [1.82, 2.24) is 0 Å². The standard InChI is InChI=1S/C63H104O6/c1-4-7-10-13-16-19-22-25-28-30-31-33-36-39-42-45-48-51-54-57-63(66)69-60(58-67-61(64)55-52-49-46-43-40-37-34-27-24-21-18-15-12-9-6-3)59-68-62(65)56-53-50-47-44-41-38-35-32-29-26-23-20-17-14-11-8-5-2/h16-17,19-20,25-29,31,33-35,38-39,42,48,51,60H,4-15,18,21-24,30,32,36-37,40-41,43-47,49-50,52-59H2,1-3H3/b19-16-,20-17-,28-25-,29-26-,33-31-,34-27-,38-35-,42-39-,51-48-/t60-/m0/s1. The monoisotopic (exact) mass is 957 g/mol. The summed E-state index contributed by atoms with van der Waals surface area (Å²) in [4.78, 5) is 38.1. The molecule has 69 heavy (non-hydrogen) atoms. The molecule has 0 aromatic carbocycles. The van der Waals surface area contributed by atoms with Crippen molar-refractivity contribution in [2.75, 3.05) is 13.2 Å². The summed E-state index contributed by atoms with van der Waals surface area (Å²) in [5.41, 5.74) is 0. The second kappa shape index (κ2) is 56.7. The van der Waals surface area contributed by atoms with Crippen molar-refractivity contribution in [1.29, 1.82) is 0 Å². The van der Waals surface area contributed by atoms with Gasteiger partial charge in [0.15, 0.2) is 6.10 Å². The average molecular weight is 958 g/mol. The van der Waals surface area contributed by atoms with Gasteiger partial charge in [-0.3, -0.25) is 14.4 Å². The van der Waals surface area contributed by atoms with Crippen LogP contribution in [0, 0.1) is 0 Å². The van der Waals surface area contributed by atoms with Crippen LogP contribution in [0.15, 0.2) is 109 Å². The Labute approximate surface area is 425 Å². The number of rotatable bonds is 50. The van der Waals surface area contributed by atoms with Gasteiger partial charge in [-0.25, -0.2) is 0 Å². The van der Waals surface area contributed by atoms with Crippen molar-refractivity contribution in [3.05, 3.63) is 109 Å². The first-order valence-electron chi connectivity index (χ1n) is 28.4. The number of ether oxygens (including phenoxy) is 3. The van der Waals surface area contributed by atoms with Gasteiger partial charge in [0.05, 0.1) is 0 Å². The van der Waals surface area contributed by atoms with Gasteiger partial charge in [-0.05, 0) is 122 Å². The highest BCUT2D eigenvalue weighted by Crippen LogP contribution is 2.13. The molecule has 6 nitrogen and oxygen atoms in total. The molecule has 0 spiro atoms. The molecule has 392 valence electrons. The summed E-state index contributed by atoms with van der Waals surface area (Å²) < 4.78 is 16.8. The fraction of sp³-hybridized carbons (Fsp3) is 0.667. The molecule has 0 aromatic heterocycles. The van der Waals surface area contributed by atoms with Crippen molar-refractivity contribution in [2.24, 2.45) is 0 Å². The molecule has 0 bridgehead atoms. The highest BCUT2D eigenvalue weighted by Gasteiger charge is 2.19. The minimum Gasteiger partial charge on any atom is -0.462 e. The van der Waals surface area contributed by atoms with Gasteiger partial charge in [0.1, 0.15) is 13.2 Å². The molecule has 0 saturated heterocycles. The summed E-state index contributed by atoms with van der Waals surface area (Å²) in [6, 6.07) is 0. The van der Waals surface area contributed by atoms with E-state index in [1.54, 1.807) is 0 Å². The van der Waals surface area contributed by atoms with Gasteiger partial charge in [0, 0.05) is 19.3 Å². The van der Waals surface area contributed by atoms with E-state index in [0.717, 1.165) is 103 Å². The summed E-state index contributed by atoms with van der Waals surface area (Å²) in [6.07, 6.45) is 76.5. The summed E-state index contributed by atoms with van der Waals surface area (Å²) in [6.45, 7) is 6.49. The van der Waals surface area contributed by atoms with E-state index >= 15 is 0 Å². The van der Waals surface area contributed by atoms with Crippen molar-refractivity contribution >= 4 is 17.9 Å². The van der Waals surface area contributed by atoms with Crippen LogP contribution in [-0.4, -0.2) is 37.2 Å². The average Bonchev–Trinajstić information content (AvgIpc) is 3.35. The molecule has 0 aliphatic carbocycles. The third kappa shape index (κ3) is 54.9. The number of carbonyl (C=O) groups is 3. The molecule has 0 aliphatic rings. The third-order valence-corrected chi connectivity index (χ3v) is 11.7. The molecule has 1 atom stereocenters. The van der Waals surface area contributed by atoms with Gasteiger partial charge in [-0.15, -0.1) is 0 Å². The van der Waals surface area contributed by atoms with Gasteiger partial charge in [0.2, 0.25) is 0 Å². The van der Waals surface area contributed by atoms with Crippen LogP contribution >= 0.6 is 0 Å². The number of unbranched alkanes of at least 4 members (excludes halogenated alkanes) is 21. The molecule has 0 N–H and O–H groups in total. The molecule has 0 aromatic rings. The van der Waals surface area contributed by atoms with Gasteiger partial charge in [0.25, 0.3) is 0 Å². The van der Waals surface area contributed by atoms with Crippen LogP contribution in [0.2, 0.25) is 0 Å². The predicted octanol–water partition coefficient (Wildman–Crippen LogP) is 19.1.